The maximum absolute atomic E-state index is 12.4. The topological polar surface area (TPSA) is 90.6 Å². The molecule has 3 N–H and O–H groups in total. The number of para-hydroxylation sites is 1. The summed E-state index contributed by atoms with van der Waals surface area (Å²) in [5, 5.41) is 7.79. The third-order valence-corrected chi connectivity index (χ3v) is 5.75. The summed E-state index contributed by atoms with van der Waals surface area (Å²) in [4.78, 5) is 3.57. The molecule has 0 aliphatic carbocycles. The van der Waals surface area contributed by atoms with Crippen LogP contribution in [-0.2, 0) is 16.4 Å². The zero-order chi connectivity index (χ0) is 16.6. The van der Waals surface area contributed by atoms with E-state index < -0.39 is 10.0 Å². The summed E-state index contributed by atoms with van der Waals surface area (Å²) in [5.41, 5.74) is 4.32. The highest BCUT2D eigenvalue weighted by Crippen LogP contribution is 2.22. The molecule has 0 fully saturated rings. The van der Waals surface area contributed by atoms with E-state index in [1.54, 1.807) is 13.8 Å². The summed E-state index contributed by atoms with van der Waals surface area (Å²) in [6.45, 7) is 5.74. The molecule has 0 unspecified atom stereocenters. The van der Waals surface area contributed by atoms with Crippen LogP contribution in [-0.4, -0.2) is 30.1 Å². The van der Waals surface area contributed by atoms with Gasteiger partial charge in [0, 0.05) is 23.1 Å². The van der Waals surface area contributed by atoms with Crippen molar-refractivity contribution in [3.63, 3.8) is 0 Å². The van der Waals surface area contributed by atoms with Crippen LogP contribution in [0.15, 0.2) is 29.2 Å². The number of rotatable bonds is 5. The van der Waals surface area contributed by atoms with Gasteiger partial charge >= 0.3 is 0 Å². The molecule has 0 bridgehead atoms. The number of nitrogens with zero attached hydrogens (tertiary/aromatic N) is 1. The van der Waals surface area contributed by atoms with E-state index in [-0.39, 0.29) is 4.90 Å². The minimum absolute atomic E-state index is 0.244. The van der Waals surface area contributed by atoms with Gasteiger partial charge in [0.25, 0.3) is 0 Å². The molecule has 2 heterocycles. The van der Waals surface area contributed by atoms with Crippen molar-refractivity contribution in [2.75, 3.05) is 6.54 Å². The van der Waals surface area contributed by atoms with Crippen LogP contribution >= 0.6 is 0 Å². The number of hydrogen-bond acceptors (Lipinski definition) is 3. The molecule has 3 aromatic rings. The van der Waals surface area contributed by atoms with Crippen LogP contribution < -0.4 is 4.72 Å². The molecule has 0 atom stereocenters. The van der Waals surface area contributed by atoms with Gasteiger partial charge in [0.2, 0.25) is 10.0 Å². The SMILES string of the molecule is Cc1n[nH]c(C)c1S(=O)(=O)NCCc1c(C)[nH]c2ccccc12. The summed E-state index contributed by atoms with van der Waals surface area (Å²) in [5.74, 6) is 0. The number of H-pyrrole nitrogens is 2. The highest BCUT2D eigenvalue weighted by molar-refractivity contribution is 7.89. The van der Waals surface area contributed by atoms with Crippen LogP contribution in [0.2, 0.25) is 0 Å². The maximum Gasteiger partial charge on any atom is 0.244 e. The predicted octanol–water partition coefficient (Wildman–Crippen LogP) is 2.34. The van der Waals surface area contributed by atoms with Gasteiger partial charge in [0.15, 0.2) is 0 Å². The van der Waals surface area contributed by atoms with Crippen molar-refractivity contribution in [1.82, 2.24) is 19.9 Å². The number of aryl methyl sites for hydroxylation is 3. The fourth-order valence-corrected chi connectivity index (χ4v) is 4.37. The summed E-state index contributed by atoms with van der Waals surface area (Å²) < 4.78 is 27.5. The first-order valence-electron chi connectivity index (χ1n) is 7.47. The summed E-state index contributed by atoms with van der Waals surface area (Å²) in [6.07, 6.45) is 0.630. The zero-order valence-electron chi connectivity index (χ0n) is 13.4. The van der Waals surface area contributed by atoms with Gasteiger partial charge in [-0.05, 0) is 38.8 Å². The second kappa shape index (κ2) is 5.82. The van der Waals surface area contributed by atoms with Crippen molar-refractivity contribution in [1.29, 1.82) is 0 Å². The van der Waals surface area contributed by atoms with E-state index in [4.69, 9.17) is 0 Å². The highest BCUT2D eigenvalue weighted by atomic mass is 32.2. The number of fused-ring (bicyclic) bond motifs is 1. The molecule has 122 valence electrons. The van der Waals surface area contributed by atoms with Gasteiger partial charge in [-0.15, -0.1) is 0 Å². The number of benzene rings is 1. The monoisotopic (exact) mass is 332 g/mol. The number of hydrogen-bond donors (Lipinski definition) is 3. The lowest BCUT2D eigenvalue weighted by molar-refractivity contribution is 0.580. The minimum atomic E-state index is -3.55. The quantitative estimate of drug-likeness (QED) is 0.670. The van der Waals surface area contributed by atoms with Crippen molar-refractivity contribution in [2.24, 2.45) is 0 Å². The van der Waals surface area contributed by atoms with Crippen molar-refractivity contribution in [2.45, 2.75) is 32.1 Å². The molecule has 3 rings (SSSR count). The first-order valence-corrected chi connectivity index (χ1v) is 8.96. The van der Waals surface area contributed by atoms with E-state index in [1.165, 1.54) is 0 Å². The number of aromatic nitrogens is 3. The molecule has 7 heteroatoms. The molecular weight excluding hydrogens is 312 g/mol. The Morgan fingerprint density at radius 3 is 2.57 bits per heavy atom. The van der Waals surface area contributed by atoms with Gasteiger partial charge in [0.05, 0.1) is 11.4 Å². The van der Waals surface area contributed by atoms with E-state index >= 15 is 0 Å². The fourth-order valence-electron chi connectivity index (χ4n) is 2.98. The molecule has 23 heavy (non-hydrogen) atoms. The average Bonchev–Trinajstić information content (AvgIpc) is 2.99. The van der Waals surface area contributed by atoms with Gasteiger partial charge in [-0.2, -0.15) is 5.10 Å². The average molecular weight is 332 g/mol. The lowest BCUT2D eigenvalue weighted by Gasteiger charge is -2.07. The Morgan fingerprint density at radius 1 is 1.13 bits per heavy atom. The zero-order valence-corrected chi connectivity index (χ0v) is 14.2. The Bertz CT molecular complexity index is 934. The Morgan fingerprint density at radius 2 is 1.87 bits per heavy atom. The molecule has 0 amide bonds. The van der Waals surface area contributed by atoms with Gasteiger partial charge < -0.3 is 4.98 Å². The second-order valence-electron chi connectivity index (χ2n) is 5.69. The maximum atomic E-state index is 12.4. The van der Waals surface area contributed by atoms with Gasteiger partial charge in [-0.1, -0.05) is 18.2 Å². The van der Waals surface area contributed by atoms with Crippen LogP contribution in [0.1, 0.15) is 22.6 Å². The second-order valence-corrected chi connectivity index (χ2v) is 7.39. The largest absolute Gasteiger partial charge is 0.358 e. The molecule has 0 radical (unpaired) electrons. The van der Waals surface area contributed by atoms with Crippen LogP contribution in [0, 0.1) is 20.8 Å². The van der Waals surface area contributed by atoms with Crippen LogP contribution in [0.25, 0.3) is 10.9 Å². The van der Waals surface area contributed by atoms with Gasteiger partial charge in [-0.25, -0.2) is 13.1 Å². The highest BCUT2D eigenvalue weighted by Gasteiger charge is 2.21. The third-order valence-electron chi connectivity index (χ3n) is 4.02. The molecule has 0 spiro atoms. The fraction of sp³-hybridized carbons (Fsp3) is 0.312. The standard InChI is InChI=1S/C16H20N4O2S/c1-10-13(14-6-4-5-7-15(14)18-10)8-9-17-23(21,22)16-11(2)19-20-12(16)3/h4-7,17-18H,8-9H2,1-3H3,(H,19,20). The van der Waals surface area contributed by atoms with Gasteiger partial charge in [0.1, 0.15) is 4.90 Å². The van der Waals surface area contributed by atoms with Crippen molar-refractivity contribution in [3.8, 4) is 0 Å². The van der Waals surface area contributed by atoms with E-state index in [0.717, 1.165) is 22.2 Å². The predicted molar refractivity (Wildman–Crippen MR) is 90.0 cm³/mol. The third kappa shape index (κ3) is 2.89. The molecule has 1 aromatic carbocycles. The summed E-state index contributed by atoms with van der Waals surface area (Å²) >= 11 is 0. The molecule has 2 aromatic heterocycles. The summed E-state index contributed by atoms with van der Waals surface area (Å²) in [7, 11) is -3.55. The van der Waals surface area contributed by atoms with E-state index in [0.29, 0.717) is 24.4 Å². The lowest BCUT2D eigenvalue weighted by atomic mass is 10.1. The van der Waals surface area contributed by atoms with Crippen molar-refractivity contribution >= 4 is 20.9 Å². The smallest absolute Gasteiger partial charge is 0.244 e. The Hall–Kier alpha value is -2.12. The number of aromatic amines is 2. The normalized spacial score (nSPS) is 12.1. The van der Waals surface area contributed by atoms with Crippen LogP contribution in [0.4, 0.5) is 0 Å². The van der Waals surface area contributed by atoms with Crippen molar-refractivity contribution in [3.05, 3.63) is 46.9 Å². The van der Waals surface area contributed by atoms with Crippen molar-refractivity contribution < 1.29 is 8.42 Å². The van der Waals surface area contributed by atoms with E-state index in [2.05, 4.69) is 19.9 Å². The molecule has 0 saturated carbocycles. The molecule has 6 nitrogen and oxygen atoms in total. The van der Waals surface area contributed by atoms with Crippen LogP contribution in [0.5, 0.6) is 0 Å². The number of nitrogens with one attached hydrogen (secondary N) is 3. The summed E-state index contributed by atoms with van der Waals surface area (Å²) in [6, 6.07) is 8.04. The lowest BCUT2D eigenvalue weighted by Crippen LogP contribution is -2.27. The Kier molecular flexibility index (Phi) is 3.99. The molecular formula is C16H20N4O2S. The number of sulfonamides is 1. The minimum Gasteiger partial charge on any atom is -0.358 e. The molecule has 0 saturated heterocycles. The Balaban J connectivity index is 1.78. The first-order chi connectivity index (χ1) is 10.9. The van der Waals surface area contributed by atoms with E-state index in [9.17, 15) is 8.42 Å². The first kappa shape index (κ1) is 15.8. The molecule has 0 aliphatic heterocycles. The van der Waals surface area contributed by atoms with Crippen LogP contribution in [0.3, 0.4) is 0 Å². The van der Waals surface area contributed by atoms with Gasteiger partial charge in [-0.3, -0.25) is 5.10 Å². The van der Waals surface area contributed by atoms with E-state index in [1.807, 2.05) is 31.2 Å². The molecule has 0 aliphatic rings. The Labute approximate surface area is 135 Å².